The molecule has 0 aromatic carbocycles. The highest BCUT2D eigenvalue weighted by molar-refractivity contribution is 5.82. The Balaban J connectivity index is 2.54. The summed E-state index contributed by atoms with van der Waals surface area (Å²) in [6.07, 6.45) is 0.333. The van der Waals surface area contributed by atoms with Gasteiger partial charge in [0.15, 0.2) is 0 Å². The molecule has 6 heteroatoms. The minimum Gasteiger partial charge on any atom is -0.480 e. The molecule has 0 aromatic heterocycles. The molecule has 1 heterocycles. The second kappa shape index (κ2) is 5.86. The minimum absolute atomic E-state index is 0.0191. The molecule has 0 aliphatic carbocycles. The van der Waals surface area contributed by atoms with Gasteiger partial charge in [-0.05, 0) is 20.3 Å². The zero-order chi connectivity index (χ0) is 13.0. The van der Waals surface area contributed by atoms with E-state index in [1.54, 1.807) is 11.8 Å². The Morgan fingerprint density at radius 1 is 1.41 bits per heavy atom. The number of aliphatic carboxylic acids is 1. The van der Waals surface area contributed by atoms with Crippen LogP contribution in [0.1, 0.15) is 27.2 Å². The zero-order valence-corrected chi connectivity index (χ0v) is 10.5. The molecule has 98 valence electrons. The van der Waals surface area contributed by atoms with Crippen molar-refractivity contribution < 1.29 is 19.4 Å². The molecule has 2 amide bonds. The third-order valence-corrected chi connectivity index (χ3v) is 2.71. The molecule has 1 rings (SSSR count). The highest BCUT2D eigenvalue weighted by Crippen LogP contribution is 2.10. The number of hydrogen-bond acceptors (Lipinski definition) is 3. The van der Waals surface area contributed by atoms with Gasteiger partial charge >= 0.3 is 12.0 Å². The lowest BCUT2D eigenvalue weighted by atomic mass is 10.2. The lowest BCUT2D eigenvalue weighted by Crippen LogP contribution is -2.54. The number of amides is 2. The van der Waals surface area contributed by atoms with Crippen LogP contribution in [-0.4, -0.2) is 53.3 Å². The highest BCUT2D eigenvalue weighted by atomic mass is 16.5. The molecule has 0 spiro atoms. The van der Waals surface area contributed by atoms with Crippen LogP contribution in [0.4, 0.5) is 4.79 Å². The van der Waals surface area contributed by atoms with E-state index < -0.39 is 12.0 Å². The third-order valence-electron chi connectivity index (χ3n) is 2.71. The number of carboxylic acid groups (broad SMARTS) is 1. The van der Waals surface area contributed by atoms with Gasteiger partial charge in [0.2, 0.25) is 0 Å². The molecule has 1 aliphatic heterocycles. The molecule has 6 nitrogen and oxygen atoms in total. The van der Waals surface area contributed by atoms with Crippen LogP contribution in [0.5, 0.6) is 0 Å². The predicted octanol–water partition coefficient (Wildman–Crippen LogP) is 0.668. The van der Waals surface area contributed by atoms with Gasteiger partial charge in [-0.2, -0.15) is 0 Å². The first kappa shape index (κ1) is 13.8. The van der Waals surface area contributed by atoms with Crippen LogP contribution in [-0.2, 0) is 9.53 Å². The summed E-state index contributed by atoms with van der Waals surface area (Å²) >= 11 is 0. The molecule has 0 bridgehead atoms. The summed E-state index contributed by atoms with van der Waals surface area (Å²) in [6, 6.07) is -1.16. The van der Waals surface area contributed by atoms with Crippen molar-refractivity contribution in [2.75, 3.05) is 13.1 Å². The second-order valence-electron chi connectivity index (χ2n) is 4.41. The van der Waals surface area contributed by atoms with E-state index >= 15 is 0 Å². The smallest absolute Gasteiger partial charge is 0.326 e. The summed E-state index contributed by atoms with van der Waals surface area (Å²) in [5.41, 5.74) is 0. The normalized spacial score (nSPS) is 26.4. The fraction of sp³-hybridized carbons (Fsp3) is 0.818. The van der Waals surface area contributed by atoms with E-state index in [2.05, 4.69) is 5.32 Å². The van der Waals surface area contributed by atoms with E-state index in [1.165, 1.54) is 0 Å². The standard InChI is InChI=1S/C11H20N2O4/c1-4-9(10(14)15)12-11(16)13-5-7(2)17-8(3)6-13/h7-9H,4-6H2,1-3H3,(H,12,16)(H,14,15)/t7?,8?,9-/m0/s1. The average Bonchev–Trinajstić information content (AvgIpc) is 2.23. The number of nitrogens with one attached hydrogen (secondary N) is 1. The SMILES string of the molecule is CC[C@H](NC(=O)N1CC(C)OC(C)C1)C(=O)O. The first-order chi connectivity index (χ1) is 7.93. The monoisotopic (exact) mass is 244 g/mol. The van der Waals surface area contributed by atoms with Gasteiger partial charge in [-0.1, -0.05) is 6.92 Å². The maximum atomic E-state index is 11.9. The lowest BCUT2D eigenvalue weighted by molar-refractivity contribution is -0.139. The number of urea groups is 1. The van der Waals surface area contributed by atoms with Crippen molar-refractivity contribution in [1.82, 2.24) is 10.2 Å². The fourth-order valence-electron chi connectivity index (χ4n) is 1.92. The Kier molecular flexibility index (Phi) is 4.74. The Labute approximate surface area is 101 Å². The Morgan fingerprint density at radius 3 is 2.35 bits per heavy atom. The van der Waals surface area contributed by atoms with E-state index in [0.29, 0.717) is 19.5 Å². The minimum atomic E-state index is -1.00. The van der Waals surface area contributed by atoms with Gasteiger partial charge in [-0.15, -0.1) is 0 Å². The molecular formula is C11H20N2O4. The molecular weight excluding hydrogens is 224 g/mol. The lowest BCUT2D eigenvalue weighted by Gasteiger charge is -2.35. The number of hydrogen-bond donors (Lipinski definition) is 2. The summed E-state index contributed by atoms with van der Waals surface area (Å²) in [7, 11) is 0. The highest BCUT2D eigenvalue weighted by Gasteiger charge is 2.28. The molecule has 0 saturated carbocycles. The molecule has 17 heavy (non-hydrogen) atoms. The van der Waals surface area contributed by atoms with Gasteiger partial charge in [0.25, 0.3) is 0 Å². The van der Waals surface area contributed by atoms with Crippen LogP contribution < -0.4 is 5.32 Å². The summed E-state index contributed by atoms with van der Waals surface area (Å²) in [5, 5.41) is 11.4. The Hall–Kier alpha value is -1.30. The summed E-state index contributed by atoms with van der Waals surface area (Å²) in [6.45, 7) is 6.50. The number of rotatable bonds is 3. The van der Waals surface area contributed by atoms with Crippen molar-refractivity contribution in [3.05, 3.63) is 0 Å². The predicted molar refractivity (Wildman–Crippen MR) is 61.8 cm³/mol. The molecule has 3 atom stereocenters. The molecule has 2 unspecified atom stereocenters. The number of carbonyl (C=O) groups excluding carboxylic acids is 1. The van der Waals surface area contributed by atoms with Gasteiger partial charge in [0.05, 0.1) is 12.2 Å². The van der Waals surface area contributed by atoms with Crippen LogP contribution in [0.2, 0.25) is 0 Å². The van der Waals surface area contributed by atoms with Crippen LogP contribution in [0.25, 0.3) is 0 Å². The number of ether oxygens (including phenoxy) is 1. The summed E-state index contributed by atoms with van der Waals surface area (Å²) < 4.78 is 5.51. The molecule has 1 saturated heterocycles. The number of carbonyl (C=O) groups is 2. The Morgan fingerprint density at radius 2 is 1.94 bits per heavy atom. The van der Waals surface area contributed by atoms with E-state index in [0.717, 1.165) is 0 Å². The van der Waals surface area contributed by atoms with Crippen LogP contribution in [0.3, 0.4) is 0 Å². The van der Waals surface area contributed by atoms with Crippen molar-refractivity contribution >= 4 is 12.0 Å². The van der Waals surface area contributed by atoms with Gasteiger partial charge in [0.1, 0.15) is 6.04 Å². The maximum Gasteiger partial charge on any atom is 0.326 e. The van der Waals surface area contributed by atoms with Gasteiger partial charge < -0.3 is 20.1 Å². The van der Waals surface area contributed by atoms with E-state index in [-0.39, 0.29) is 18.2 Å². The molecule has 2 N–H and O–H groups in total. The van der Waals surface area contributed by atoms with Crippen LogP contribution in [0.15, 0.2) is 0 Å². The first-order valence-corrected chi connectivity index (χ1v) is 5.87. The second-order valence-corrected chi connectivity index (χ2v) is 4.41. The van der Waals surface area contributed by atoms with Crippen LogP contribution >= 0.6 is 0 Å². The zero-order valence-electron chi connectivity index (χ0n) is 10.5. The first-order valence-electron chi connectivity index (χ1n) is 5.87. The van der Waals surface area contributed by atoms with Crippen molar-refractivity contribution in [1.29, 1.82) is 0 Å². The third kappa shape index (κ3) is 3.89. The topological polar surface area (TPSA) is 78.9 Å². The van der Waals surface area contributed by atoms with Gasteiger partial charge in [-0.25, -0.2) is 9.59 Å². The summed E-state index contributed by atoms with van der Waals surface area (Å²) in [5.74, 6) is -1.00. The van der Waals surface area contributed by atoms with Crippen molar-refractivity contribution in [3.63, 3.8) is 0 Å². The van der Waals surface area contributed by atoms with Gasteiger partial charge in [-0.3, -0.25) is 0 Å². The molecule has 1 aliphatic rings. The number of carboxylic acids is 1. The van der Waals surface area contributed by atoms with E-state index in [9.17, 15) is 9.59 Å². The molecule has 0 aromatic rings. The largest absolute Gasteiger partial charge is 0.480 e. The molecule has 0 radical (unpaired) electrons. The van der Waals surface area contributed by atoms with E-state index in [4.69, 9.17) is 9.84 Å². The van der Waals surface area contributed by atoms with Crippen molar-refractivity contribution in [3.8, 4) is 0 Å². The van der Waals surface area contributed by atoms with E-state index in [1.807, 2.05) is 13.8 Å². The summed E-state index contributed by atoms with van der Waals surface area (Å²) in [4.78, 5) is 24.3. The molecule has 1 fully saturated rings. The Bertz CT molecular complexity index is 285. The van der Waals surface area contributed by atoms with Crippen LogP contribution in [0, 0.1) is 0 Å². The average molecular weight is 244 g/mol. The fourth-order valence-corrected chi connectivity index (χ4v) is 1.92. The number of morpholine rings is 1. The van der Waals surface area contributed by atoms with Crippen molar-refractivity contribution in [2.45, 2.75) is 45.4 Å². The van der Waals surface area contributed by atoms with Gasteiger partial charge in [0, 0.05) is 13.1 Å². The maximum absolute atomic E-state index is 11.9. The number of nitrogens with zero attached hydrogens (tertiary/aromatic N) is 1. The van der Waals surface area contributed by atoms with Crippen molar-refractivity contribution in [2.24, 2.45) is 0 Å². The quantitative estimate of drug-likeness (QED) is 0.764.